The van der Waals surface area contributed by atoms with Crippen LogP contribution in [0, 0.1) is 12.8 Å². The molecule has 0 radical (unpaired) electrons. The van der Waals surface area contributed by atoms with Gasteiger partial charge in [-0.05, 0) is 49.1 Å². The van der Waals surface area contributed by atoms with Crippen molar-refractivity contribution in [3.05, 3.63) is 46.5 Å². The molecule has 174 valence electrons. The van der Waals surface area contributed by atoms with Crippen molar-refractivity contribution >= 4 is 5.97 Å². The van der Waals surface area contributed by atoms with Gasteiger partial charge in [-0.2, -0.15) is 0 Å². The maximum atomic E-state index is 13.0. The van der Waals surface area contributed by atoms with Crippen molar-refractivity contribution in [1.82, 2.24) is 0 Å². The van der Waals surface area contributed by atoms with Crippen molar-refractivity contribution < 1.29 is 39.1 Å². The van der Waals surface area contributed by atoms with E-state index in [4.69, 9.17) is 24.1 Å². The van der Waals surface area contributed by atoms with E-state index in [0.717, 1.165) is 5.56 Å². The number of carbonyl (C=O) groups excluding carboxylic acids is 1. The monoisotopic (exact) mass is 446 g/mol. The number of cyclic esters (lactones) is 1. The van der Waals surface area contributed by atoms with Gasteiger partial charge in [-0.3, -0.25) is 0 Å². The summed E-state index contributed by atoms with van der Waals surface area (Å²) in [4.78, 5) is 13.0. The Kier molecular flexibility index (Phi) is 7.60. The normalized spacial score (nSPS) is 14.9. The quantitative estimate of drug-likeness (QED) is 0.530. The van der Waals surface area contributed by atoms with Crippen LogP contribution < -0.4 is 14.2 Å². The van der Waals surface area contributed by atoms with Gasteiger partial charge in [0, 0.05) is 11.1 Å². The van der Waals surface area contributed by atoms with E-state index in [0.29, 0.717) is 29.0 Å². The summed E-state index contributed by atoms with van der Waals surface area (Å²) >= 11 is 0. The number of hydrogen-bond donors (Lipinski definition) is 3. The SMILES string of the molecule is COc1cc(C)cc2c1Oc1ccc(C(O)CC(C)C)c(OCC(O)CO)c1C(=O)OC2. The van der Waals surface area contributed by atoms with Crippen molar-refractivity contribution in [1.29, 1.82) is 0 Å². The number of aryl methyl sites for hydroxylation is 1. The van der Waals surface area contributed by atoms with E-state index in [9.17, 15) is 15.0 Å². The number of ether oxygens (including phenoxy) is 4. The average Bonchev–Trinajstić information content (AvgIpc) is 2.74. The Bertz CT molecular complexity index is 969. The fourth-order valence-corrected chi connectivity index (χ4v) is 3.60. The van der Waals surface area contributed by atoms with E-state index >= 15 is 0 Å². The molecular formula is C24H30O8. The summed E-state index contributed by atoms with van der Waals surface area (Å²) in [5.41, 5.74) is 1.96. The molecule has 0 saturated carbocycles. The van der Waals surface area contributed by atoms with Gasteiger partial charge in [-0.25, -0.2) is 4.79 Å². The first-order chi connectivity index (χ1) is 15.2. The molecule has 1 aliphatic heterocycles. The molecule has 8 heteroatoms. The second-order valence-corrected chi connectivity index (χ2v) is 8.28. The van der Waals surface area contributed by atoms with E-state index in [1.807, 2.05) is 32.9 Å². The second-order valence-electron chi connectivity index (χ2n) is 8.28. The lowest BCUT2D eigenvalue weighted by Crippen LogP contribution is -2.23. The highest BCUT2D eigenvalue weighted by molar-refractivity contribution is 5.96. The number of rotatable bonds is 8. The van der Waals surface area contributed by atoms with Crippen LogP contribution in [0.2, 0.25) is 0 Å². The van der Waals surface area contributed by atoms with Crippen LogP contribution in [0.15, 0.2) is 24.3 Å². The molecule has 2 unspecified atom stereocenters. The molecule has 0 amide bonds. The molecule has 2 aromatic rings. The average molecular weight is 446 g/mol. The minimum Gasteiger partial charge on any atom is -0.493 e. The predicted octanol–water partition coefficient (Wildman–Crippen LogP) is 3.28. The summed E-state index contributed by atoms with van der Waals surface area (Å²) in [5.74, 6) is 0.646. The zero-order valence-electron chi connectivity index (χ0n) is 18.8. The van der Waals surface area contributed by atoms with Crippen LogP contribution in [0.25, 0.3) is 0 Å². The first kappa shape index (κ1) is 23.8. The molecule has 0 saturated heterocycles. The molecule has 0 aliphatic carbocycles. The first-order valence-electron chi connectivity index (χ1n) is 10.5. The van der Waals surface area contributed by atoms with Crippen LogP contribution in [0.5, 0.6) is 23.0 Å². The Balaban J connectivity index is 2.14. The topological polar surface area (TPSA) is 115 Å². The molecule has 0 bridgehead atoms. The van der Waals surface area contributed by atoms with Crippen LogP contribution in [-0.4, -0.2) is 47.7 Å². The summed E-state index contributed by atoms with van der Waals surface area (Å²) in [6.45, 7) is 5.01. The minimum atomic E-state index is -1.16. The van der Waals surface area contributed by atoms with Crippen LogP contribution in [0.3, 0.4) is 0 Å². The lowest BCUT2D eigenvalue weighted by molar-refractivity contribution is 0.0416. The number of esters is 1. The molecule has 8 nitrogen and oxygen atoms in total. The number of benzene rings is 2. The van der Waals surface area contributed by atoms with Gasteiger partial charge < -0.3 is 34.3 Å². The molecule has 0 spiro atoms. The first-order valence-corrected chi connectivity index (χ1v) is 10.5. The predicted molar refractivity (Wildman–Crippen MR) is 116 cm³/mol. The number of fused-ring (bicyclic) bond motifs is 2. The summed E-state index contributed by atoms with van der Waals surface area (Å²) in [5, 5.41) is 29.7. The third kappa shape index (κ3) is 5.15. The molecular weight excluding hydrogens is 416 g/mol. The number of aliphatic hydroxyl groups excluding tert-OH is 3. The highest BCUT2D eigenvalue weighted by atomic mass is 16.6. The van der Waals surface area contributed by atoms with E-state index in [1.54, 1.807) is 12.1 Å². The van der Waals surface area contributed by atoms with Crippen molar-refractivity contribution in [3.8, 4) is 23.0 Å². The van der Waals surface area contributed by atoms with Crippen molar-refractivity contribution in [2.75, 3.05) is 20.3 Å². The zero-order chi connectivity index (χ0) is 23.4. The van der Waals surface area contributed by atoms with Crippen molar-refractivity contribution in [2.24, 2.45) is 5.92 Å². The van der Waals surface area contributed by atoms with Crippen molar-refractivity contribution in [3.63, 3.8) is 0 Å². The fourth-order valence-electron chi connectivity index (χ4n) is 3.60. The Labute approximate surface area is 187 Å². The largest absolute Gasteiger partial charge is 0.493 e. The van der Waals surface area contributed by atoms with Gasteiger partial charge >= 0.3 is 5.97 Å². The van der Waals surface area contributed by atoms with E-state index in [2.05, 4.69) is 0 Å². The Morgan fingerprint density at radius 2 is 1.94 bits per heavy atom. The Morgan fingerprint density at radius 1 is 1.19 bits per heavy atom. The Morgan fingerprint density at radius 3 is 2.59 bits per heavy atom. The molecule has 0 fully saturated rings. The van der Waals surface area contributed by atoms with Gasteiger partial charge in [0.05, 0.1) is 19.8 Å². The maximum Gasteiger partial charge on any atom is 0.346 e. The smallest absolute Gasteiger partial charge is 0.346 e. The summed E-state index contributed by atoms with van der Waals surface area (Å²) in [7, 11) is 1.53. The summed E-state index contributed by atoms with van der Waals surface area (Å²) < 4.78 is 22.9. The van der Waals surface area contributed by atoms with E-state index in [-0.39, 0.29) is 36.2 Å². The number of hydrogen-bond acceptors (Lipinski definition) is 8. The summed E-state index contributed by atoms with van der Waals surface area (Å²) in [6, 6.07) is 6.88. The molecule has 1 heterocycles. The third-order valence-corrected chi connectivity index (χ3v) is 5.11. The Hall–Kier alpha value is -2.81. The van der Waals surface area contributed by atoms with Gasteiger partial charge in [0.1, 0.15) is 36.4 Å². The maximum absolute atomic E-state index is 13.0. The molecule has 32 heavy (non-hydrogen) atoms. The zero-order valence-corrected chi connectivity index (χ0v) is 18.8. The van der Waals surface area contributed by atoms with Gasteiger partial charge in [-0.1, -0.05) is 13.8 Å². The van der Waals surface area contributed by atoms with Gasteiger partial charge in [0.2, 0.25) is 0 Å². The molecule has 3 N–H and O–H groups in total. The molecule has 2 atom stereocenters. The highest BCUT2D eigenvalue weighted by Gasteiger charge is 2.30. The van der Waals surface area contributed by atoms with E-state index in [1.165, 1.54) is 7.11 Å². The molecule has 0 aromatic heterocycles. The second kappa shape index (κ2) is 10.2. The standard InChI is InChI=1S/C24H30O8/c1-13(2)7-18(27)17-5-6-19-21(23(17)30-12-16(26)10-25)24(28)31-11-15-8-14(3)9-20(29-4)22(15)32-19/h5-6,8-9,13,16,18,25-27H,7,10-12H2,1-4H3. The summed E-state index contributed by atoms with van der Waals surface area (Å²) in [6.07, 6.45) is -1.64. The van der Waals surface area contributed by atoms with Crippen LogP contribution >= 0.6 is 0 Å². The molecule has 1 aliphatic rings. The number of methoxy groups -OCH3 is 1. The lowest BCUT2D eigenvalue weighted by atomic mass is 9.96. The van der Waals surface area contributed by atoms with E-state index < -0.39 is 24.8 Å². The van der Waals surface area contributed by atoms with Crippen LogP contribution in [-0.2, 0) is 11.3 Å². The number of aliphatic hydroxyl groups is 3. The van der Waals surface area contributed by atoms with Crippen molar-refractivity contribution in [2.45, 2.75) is 46.0 Å². The molecule has 3 rings (SSSR count). The highest BCUT2D eigenvalue weighted by Crippen LogP contribution is 2.44. The van der Waals surface area contributed by atoms with Crippen LogP contribution in [0.4, 0.5) is 0 Å². The van der Waals surface area contributed by atoms with Crippen LogP contribution in [0.1, 0.15) is 53.4 Å². The molecule has 2 aromatic carbocycles. The fraction of sp³-hybridized carbons (Fsp3) is 0.458. The minimum absolute atomic E-state index is 0.00345. The van der Waals surface area contributed by atoms with Gasteiger partial charge in [-0.15, -0.1) is 0 Å². The lowest BCUT2D eigenvalue weighted by Gasteiger charge is -2.25. The van der Waals surface area contributed by atoms with Gasteiger partial charge in [0.15, 0.2) is 11.5 Å². The number of carbonyl (C=O) groups is 1. The third-order valence-electron chi connectivity index (χ3n) is 5.11. The van der Waals surface area contributed by atoms with Gasteiger partial charge in [0.25, 0.3) is 0 Å².